The molecule has 3 aromatic rings. The van der Waals surface area contributed by atoms with Crippen LogP contribution >= 0.6 is 15.9 Å². The van der Waals surface area contributed by atoms with Crippen LogP contribution in [-0.2, 0) is 11.2 Å². The molecule has 4 rings (SSSR count). The molecule has 2 aromatic carbocycles. The van der Waals surface area contributed by atoms with E-state index >= 15 is 0 Å². The van der Waals surface area contributed by atoms with Crippen LogP contribution in [0.3, 0.4) is 0 Å². The largest absolute Gasteiger partial charge is 0.339 e. The van der Waals surface area contributed by atoms with Gasteiger partial charge in [0.15, 0.2) is 5.69 Å². The predicted octanol–water partition coefficient (Wildman–Crippen LogP) is 3.01. The van der Waals surface area contributed by atoms with Crippen LogP contribution in [0.4, 0.5) is 5.69 Å². The highest BCUT2D eigenvalue weighted by Crippen LogP contribution is 2.25. The topological polar surface area (TPSA) is 84.3 Å². The number of likely N-dealkylation sites (N-methyl/N-ethyl adjacent to an activating group) is 1. The number of fused-ring (bicyclic) bond motifs is 1. The van der Waals surface area contributed by atoms with Gasteiger partial charge in [0.05, 0.1) is 15.9 Å². The summed E-state index contributed by atoms with van der Waals surface area (Å²) in [6.45, 7) is 1.74. The Bertz CT molecular complexity index is 1220. The molecule has 0 saturated heterocycles. The summed E-state index contributed by atoms with van der Waals surface area (Å²) < 4.78 is 1.80. The van der Waals surface area contributed by atoms with E-state index in [-0.39, 0.29) is 16.1 Å². The zero-order valence-corrected chi connectivity index (χ0v) is 18.7. The zero-order valence-electron chi connectivity index (χ0n) is 17.1. The molecule has 1 aliphatic rings. The van der Waals surface area contributed by atoms with E-state index in [0.717, 1.165) is 16.9 Å². The Balaban J connectivity index is 1.66. The lowest BCUT2D eigenvalue weighted by molar-refractivity contribution is -0.120. The second-order valence-corrected chi connectivity index (χ2v) is 8.21. The van der Waals surface area contributed by atoms with Gasteiger partial charge in [-0.15, -0.1) is 0 Å². The van der Waals surface area contributed by atoms with Crippen LogP contribution < -0.4 is 15.6 Å². The SMILES string of the molecule is Cc1c(Br)c(=O)c(C(=O)NC2CCc3ccccc3N(C)C2=O)nn1-c1ccccc1. The first-order chi connectivity index (χ1) is 14.9. The van der Waals surface area contributed by atoms with E-state index in [0.29, 0.717) is 18.5 Å². The van der Waals surface area contributed by atoms with Gasteiger partial charge in [-0.1, -0.05) is 36.4 Å². The second-order valence-electron chi connectivity index (χ2n) is 7.42. The molecule has 1 unspecified atom stereocenters. The van der Waals surface area contributed by atoms with Crippen LogP contribution in [0.25, 0.3) is 5.69 Å². The molecular weight excluding hydrogens is 460 g/mol. The molecule has 0 radical (unpaired) electrons. The molecule has 158 valence electrons. The third-order valence-corrected chi connectivity index (χ3v) is 6.39. The first-order valence-corrected chi connectivity index (χ1v) is 10.7. The smallest absolute Gasteiger partial charge is 0.276 e. The number of hydrogen-bond donors (Lipinski definition) is 1. The molecule has 7 nitrogen and oxygen atoms in total. The summed E-state index contributed by atoms with van der Waals surface area (Å²) in [4.78, 5) is 40.3. The first kappa shape index (κ1) is 21.0. The number of halogens is 1. The van der Waals surface area contributed by atoms with E-state index in [1.165, 1.54) is 4.68 Å². The molecule has 31 heavy (non-hydrogen) atoms. The molecule has 1 aliphatic heterocycles. The molecule has 2 amide bonds. The quantitative estimate of drug-likeness (QED) is 0.624. The number of aromatic nitrogens is 2. The Hall–Kier alpha value is -3.26. The fourth-order valence-corrected chi connectivity index (χ4v) is 4.09. The number of benzene rings is 2. The summed E-state index contributed by atoms with van der Waals surface area (Å²) in [6.07, 6.45) is 1.07. The van der Waals surface area contributed by atoms with Gasteiger partial charge in [0.2, 0.25) is 11.3 Å². The van der Waals surface area contributed by atoms with Crippen LogP contribution in [0.5, 0.6) is 0 Å². The van der Waals surface area contributed by atoms with E-state index in [4.69, 9.17) is 0 Å². The van der Waals surface area contributed by atoms with Crippen LogP contribution in [0.1, 0.15) is 28.2 Å². The minimum atomic E-state index is -0.753. The number of hydrogen-bond acceptors (Lipinski definition) is 4. The first-order valence-electron chi connectivity index (χ1n) is 9.89. The van der Waals surface area contributed by atoms with Gasteiger partial charge in [-0.3, -0.25) is 14.4 Å². The minimum absolute atomic E-state index is 0.229. The average Bonchev–Trinajstić information content (AvgIpc) is 2.90. The maximum Gasteiger partial charge on any atom is 0.276 e. The standard InChI is InChI=1S/C23H21BrN4O3/c1-14-19(24)21(29)20(26-28(14)16-9-4-3-5-10-16)22(30)25-17-13-12-15-8-6-7-11-18(15)27(2)23(17)31/h3-11,17H,12-13H2,1-2H3,(H,25,30). The number of anilines is 1. The number of amides is 2. The molecule has 0 saturated carbocycles. The maximum absolute atomic E-state index is 13.0. The lowest BCUT2D eigenvalue weighted by Crippen LogP contribution is -2.48. The predicted molar refractivity (Wildman–Crippen MR) is 122 cm³/mol. The average molecular weight is 481 g/mol. The van der Waals surface area contributed by atoms with Crippen molar-refractivity contribution in [3.8, 4) is 5.69 Å². The van der Waals surface area contributed by atoms with Crippen molar-refractivity contribution in [3.63, 3.8) is 0 Å². The Morgan fingerprint density at radius 1 is 1.10 bits per heavy atom. The van der Waals surface area contributed by atoms with Crippen molar-refractivity contribution < 1.29 is 9.59 Å². The number of rotatable bonds is 3. The number of aryl methyl sites for hydroxylation is 1. The number of para-hydroxylation sites is 2. The monoisotopic (exact) mass is 480 g/mol. The van der Waals surface area contributed by atoms with Gasteiger partial charge in [0.1, 0.15) is 6.04 Å². The summed E-state index contributed by atoms with van der Waals surface area (Å²) in [5, 5.41) is 7.04. The second kappa shape index (κ2) is 8.47. The molecule has 1 aromatic heterocycles. The van der Waals surface area contributed by atoms with Gasteiger partial charge in [0.25, 0.3) is 5.91 Å². The highest BCUT2D eigenvalue weighted by molar-refractivity contribution is 9.10. The molecule has 0 fully saturated rings. The van der Waals surface area contributed by atoms with Crippen LogP contribution in [0, 0.1) is 6.92 Å². The molecule has 8 heteroatoms. The zero-order chi connectivity index (χ0) is 22.1. The van der Waals surface area contributed by atoms with Gasteiger partial charge in [-0.2, -0.15) is 5.10 Å². The van der Waals surface area contributed by atoms with Crippen molar-refractivity contribution in [2.24, 2.45) is 0 Å². The normalized spacial score (nSPS) is 15.9. The number of carbonyl (C=O) groups is 2. The maximum atomic E-state index is 13.0. The third-order valence-electron chi connectivity index (χ3n) is 5.45. The van der Waals surface area contributed by atoms with Gasteiger partial charge in [-0.05, 0) is 59.5 Å². The number of nitrogens with zero attached hydrogens (tertiary/aromatic N) is 3. The van der Waals surface area contributed by atoms with Crippen molar-refractivity contribution >= 4 is 33.4 Å². The Morgan fingerprint density at radius 3 is 2.52 bits per heavy atom. The lowest BCUT2D eigenvalue weighted by atomic mass is 10.1. The number of nitrogens with one attached hydrogen (secondary N) is 1. The van der Waals surface area contributed by atoms with E-state index in [1.807, 2.05) is 54.6 Å². The van der Waals surface area contributed by atoms with Gasteiger partial charge >= 0.3 is 0 Å². The van der Waals surface area contributed by atoms with Crippen molar-refractivity contribution in [1.82, 2.24) is 15.1 Å². The molecular formula is C23H21BrN4O3. The molecule has 0 bridgehead atoms. The lowest BCUT2D eigenvalue weighted by Gasteiger charge is -2.22. The van der Waals surface area contributed by atoms with Crippen molar-refractivity contribution in [1.29, 1.82) is 0 Å². The molecule has 1 atom stereocenters. The fourth-order valence-electron chi connectivity index (χ4n) is 3.74. The van der Waals surface area contributed by atoms with Gasteiger partial charge < -0.3 is 10.2 Å². The van der Waals surface area contributed by atoms with E-state index < -0.39 is 17.4 Å². The van der Waals surface area contributed by atoms with Gasteiger partial charge in [0, 0.05) is 12.7 Å². The van der Waals surface area contributed by atoms with Crippen LogP contribution in [0.15, 0.2) is 63.9 Å². The Morgan fingerprint density at radius 2 is 1.77 bits per heavy atom. The molecule has 1 N–H and O–H groups in total. The van der Waals surface area contributed by atoms with Crippen LogP contribution in [-0.4, -0.2) is 34.7 Å². The summed E-state index contributed by atoms with van der Waals surface area (Å²) in [5.74, 6) is -0.902. The Labute approximate surface area is 187 Å². The highest BCUT2D eigenvalue weighted by atomic mass is 79.9. The molecule has 0 spiro atoms. The molecule has 0 aliphatic carbocycles. The summed E-state index contributed by atoms with van der Waals surface area (Å²) in [5.41, 5.74) is 2.38. The van der Waals surface area contributed by atoms with E-state index in [9.17, 15) is 14.4 Å². The highest BCUT2D eigenvalue weighted by Gasteiger charge is 2.31. The van der Waals surface area contributed by atoms with Crippen molar-refractivity contribution in [3.05, 3.63) is 86.2 Å². The van der Waals surface area contributed by atoms with E-state index in [2.05, 4.69) is 26.3 Å². The van der Waals surface area contributed by atoms with Gasteiger partial charge in [-0.25, -0.2) is 4.68 Å². The minimum Gasteiger partial charge on any atom is -0.339 e. The molecule has 2 heterocycles. The number of carbonyl (C=O) groups excluding carboxylic acids is 2. The summed E-state index contributed by atoms with van der Waals surface area (Å²) in [6, 6.07) is 16.1. The van der Waals surface area contributed by atoms with Crippen molar-refractivity contribution in [2.75, 3.05) is 11.9 Å². The van der Waals surface area contributed by atoms with E-state index in [1.54, 1.807) is 18.9 Å². The summed E-state index contributed by atoms with van der Waals surface area (Å²) in [7, 11) is 1.69. The Kier molecular flexibility index (Phi) is 5.73. The third kappa shape index (κ3) is 3.90. The van der Waals surface area contributed by atoms with Crippen molar-refractivity contribution in [2.45, 2.75) is 25.8 Å². The summed E-state index contributed by atoms with van der Waals surface area (Å²) >= 11 is 3.30. The van der Waals surface area contributed by atoms with Crippen LogP contribution in [0.2, 0.25) is 0 Å². The fraction of sp³-hybridized carbons (Fsp3) is 0.217.